The topological polar surface area (TPSA) is 54.9 Å². The van der Waals surface area contributed by atoms with Crippen molar-refractivity contribution in [3.63, 3.8) is 0 Å². The first-order chi connectivity index (χ1) is 9.26. The van der Waals surface area contributed by atoms with E-state index in [-0.39, 0.29) is 28.7 Å². The molecule has 0 aliphatic carbocycles. The smallest absolute Gasteiger partial charge is 0.191 e. The van der Waals surface area contributed by atoms with Gasteiger partial charge in [-0.15, -0.1) is 24.0 Å². The number of nitrogens with one attached hydrogen (secondary N) is 2. The second-order valence-corrected chi connectivity index (χ2v) is 5.97. The first-order valence-electron chi connectivity index (χ1n) is 6.83. The van der Waals surface area contributed by atoms with E-state index in [9.17, 15) is 0 Å². The molecule has 0 aromatic rings. The summed E-state index contributed by atoms with van der Waals surface area (Å²) in [4.78, 5) is 4.25. The van der Waals surface area contributed by atoms with Gasteiger partial charge in [0.2, 0.25) is 0 Å². The standard InChI is InChI=1S/C13H27N3O2S.HI/c1-14-12(15-7-4-8-17-2)16-11-13(19-3)5-9-18-10-6-13;/h4-11H2,1-3H3,(H2,14,15,16);1H. The van der Waals surface area contributed by atoms with Crippen molar-refractivity contribution in [3.05, 3.63) is 0 Å². The van der Waals surface area contributed by atoms with Crippen LogP contribution in [0.4, 0.5) is 0 Å². The van der Waals surface area contributed by atoms with E-state index < -0.39 is 0 Å². The normalized spacial score (nSPS) is 18.2. The maximum Gasteiger partial charge on any atom is 0.191 e. The van der Waals surface area contributed by atoms with Crippen molar-refractivity contribution >= 4 is 41.7 Å². The van der Waals surface area contributed by atoms with Crippen LogP contribution in [0, 0.1) is 0 Å². The van der Waals surface area contributed by atoms with Gasteiger partial charge in [-0.25, -0.2) is 0 Å². The van der Waals surface area contributed by atoms with Crippen LogP contribution in [0.15, 0.2) is 4.99 Å². The second kappa shape index (κ2) is 11.9. The van der Waals surface area contributed by atoms with Gasteiger partial charge in [0.1, 0.15) is 0 Å². The van der Waals surface area contributed by atoms with E-state index in [0.29, 0.717) is 0 Å². The Kier molecular flexibility index (Phi) is 12.0. The molecule has 0 radical (unpaired) electrons. The van der Waals surface area contributed by atoms with Gasteiger partial charge in [0.05, 0.1) is 0 Å². The molecule has 1 rings (SSSR count). The maximum atomic E-state index is 5.45. The lowest BCUT2D eigenvalue weighted by molar-refractivity contribution is 0.0783. The van der Waals surface area contributed by atoms with E-state index in [1.165, 1.54) is 0 Å². The zero-order valence-corrected chi connectivity index (χ0v) is 15.9. The Balaban J connectivity index is 0.00000361. The molecule has 20 heavy (non-hydrogen) atoms. The van der Waals surface area contributed by atoms with Gasteiger partial charge in [-0.1, -0.05) is 0 Å². The highest BCUT2D eigenvalue weighted by Gasteiger charge is 2.31. The molecule has 7 heteroatoms. The summed E-state index contributed by atoms with van der Waals surface area (Å²) in [6.07, 6.45) is 5.37. The highest BCUT2D eigenvalue weighted by Crippen LogP contribution is 2.32. The molecule has 0 aromatic carbocycles. The van der Waals surface area contributed by atoms with Crippen molar-refractivity contribution in [2.45, 2.75) is 24.0 Å². The molecule has 0 amide bonds. The van der Waals surface area contributed by atoms with Gasteiger partial charge in [0.25, 0.3) is 0 Å². The van der Waals surface area contributed by atoms with Crippen LogP contribution in [0.3, 0.4) is 0 Å². The molecule has 0 unspecified atom stereocenters. The quantitative estimate of drug-likeness (QED) is 0.286. The summed E-state index contributed by atoms with van der Waals surface area (Å²) < 4.78 is 10.8. The molecule has 1 heterocycles. The largest absolute Gasteiger partial charge is 0.385 e. The Hall–Kier alpha value is 0.270. The Bertz CT molecular complexity index is 274. The number of halogens is 1. The molecule has 1 saturated heterocycles. The summed E-state index contributed by atoms with van der Waals surface area (Å²) in [7, 11) is 3.53. The van der Waals surface area contributed by atoms with E-state index in [2.05, 4.69) is 21.9 Å². The Labute approximate surface area is 144 Å². The van der Waals surface area contributed by atoms with Gasteiger partial charge in [0.15, 0.2) is 5.96 Å². The fourth-order valence-corrected chi connectivity index (χ4v) is 2.88. The molecule has 1 aliphatic rings. The molecule has 0 bridgehead atoms. The van der Waals surface area contributed by atoms with E-state index in [1.807, 2.05) is 11.8 Å². The zero-order chi connectivity index (χ0) is 14.0. The maximum absolute atomic E-state index is 5.45. The Morgan fingerprint density at radius 1 is 1.35 bits per heavy atom. The molecule has 0 saturated carbocycles. The van der Waals surface area contributed by atoms with Crippen LogP contribution in [0.25, 0.3) is 0 Å². The van der Waals surface area contributed by atoms with Crippen molar-refractivity contribution in [1.82, 2.24) is 10.6 Å². The SMILES string of the molecule is CN=C(NCCCOC)NCC1(SC)CCOCC1.I. The van der Waals surface area contributed by atoms with Crippen molar-refractivity contribution in [3.8, 4) is 0 Å². The molecule has 5 nitrogen and oxygen atoms in total. The van der Waals surface area contributed by atoms with Gasteiger partial charge in [-0.3, -0.25) is 4.99 Å². The molecule has 2 N–H and O–H groups in total. The number of nitrogens with zero attached hydrogens (tertiary/aromatic N) is 1. The molecular formula is C13H28IN3O2S. The Morgan fingerprint density at radius 2 is 2.05 bits per heavy atom. The van der Waals surface area contributed by atoms with Gasteiger partial charge >= 0.3 is 0 Å². The fraction of sp³-hybridized carbons (Fsp3) is 0.923. The lowest BCUT2D eigenvalue weighted by atomic mass is 9.99. The van der Waals surface area contributed by atoms with E-state index in [0.717, 1.165) is 58.1 Å². The minimum Gasteiger partial charge on any atom is -0.385 e. The number of thioether (sulfide) groups is 1. The van der Waals surface area contributed by atoms with Crippen LogP contribution >= 0.6 is 35.7 Å². The van der Waals surface area contributed by atoms with Crippen LogP contribution in [-0.2, 0) is 9.47 Å². The van der Waals surface area contributed by atoms with Crippen LogP contribution in [0.5, 0.6) is 0 Å². The highest BCUT2D eigenvalue weighted by molar-refractivity contribution is 14.0. The number of hydrogen-bond donors (Lipinski definition) is 2. The first kappa shape index (κ1) is 20.3. The minimum atomic E-state index is 0. The van der Waals surface area contributed by atoms with E-state index in [4.69, 9.17) is 9.47 Å². The highest BCUT2D eigenvalue weighted by atomic mass is 127. The summed E-state index contributed by atoms with van der Waals surface area (Å²) in [5.41, 5.74) is 0. The summed E-state index contributed by atoms with van der Waals surface area (Å²) in [5.74, 6) is 0.871. The molecular weight excluding hydrogens is 389 g/mol. The Morgan fingerprint density at radius 3 is 2.60 bits per heavy atom. The fourth-order valence-electron chi connectivity index (χ4n) is 2.09. The molecule has 0 spiro atoms. The third-order valence-electron chi connectivity index (χ3n) is 3.46. The predicted octanol–water partition coefficient (Wildman–Crippen LogP) is 1.72. The van der Waals surface area contributed by atoms with Gasteiger partial charge in [-0.2, -0.15) is 11.8 Å². The van der Waals surface area contributed by atoms with Gasteiger partial charge in [-0.05, 0) is 25.5 Å². The van der Waals surface area contributed by atoms with Crippen molar-refractivity contribution < 1.29 is 9.47 Å². The van der Waals surface area contributed by atoms with Crippen LogP contribution < -0.4 is 10.6 Å². The number of methoxy groups -OCH3 is 1. The summed E-state index contributed by atoms with van der Waals surface area (Å²) in [6.45, 7) is 4.31. The van der Waals surface area contributed by atoms with E-state index in [1.54, 1.807) is 14.2 Å². The lowest BCUT2D eigenvalue weighted by Crippen LogP contribution is -2.48. The van der Waals surface area contributed by atoms with Crippen molar-refractivity contribution in [1.29, 1.82) is 0 Å². The van der Waals surface area contributed by atoms with Crippen LogP contribution in [0.1, 0.15) is 19.3 Å². The first-order valence-corrected chi connectivity index (χ1v) is 8.05. The number of rotatable bonds is 7. The molecule has 1 aliphatic heterocycles. The molecule has 120 valence electrons. The summed E-state index contributed by atoms with van der Waals surface area (Å²) in [5, 5.41) is 6.73. The third kappa shape index (κ3) is 7.33. The van der Waals surface area contributed by atoms with Crippen LogP contribution in [0.2, 0.25) is 0 Å². The molecule has 0 atom stereocenters. The summed E-state index contributed by atoms with van der Waals surface area (Å²) in [6, 6.07) is 0. The average Bonchev–Trinajstić information content (AvgIpc) is 2.47. The zero-order valence-electron chi connectivity index (χ0n) is 12.7. The van der Waals surface area contributed by atoms with Gasteiger partial charge in [0, 0.05) is 51.8 Å². The van der Waals surface area contributed by atoms with Gasteiger partial charge < -0.3 is 20.1 Å². The number of ether oxygens (including phenoxy) is 2. The number of hydrogen-bond acceptors (Lipinski definition) is 4. The molecule has 0 aromatic heterocycles. The predicted molar refractivity (Wildman–Crippen MR) is 97.6 cm³/mol. The second-order valence-electron chi connectivity index (χ2n) is 4.70. The molecule has 1 fully saturated rings. The monoisotopic (exact) mass is 417 g/mol. The van der Waals surface area contributed by atoms with Crippen LogP contribution in [-0.4, -0.2) is 64.0 Å². The minimum absolute atomic E-state index is 0. The van der Waals surface area contributed by atoms with Crippen molar-refractivity contribution in [2.24, 2.45) is 4.99 Å². The van der Waals surface area contributed by atoms with Crippen molar-refractivity contribution in [2.75, 3.05) is 53.3 Å². The average molecular weight is 417 g/mol. The lowest BCUT2D eigenvalue weighted by Gasteiger charge is -2.36. The number of aliphatic imine (C=N–C) groups is 1. The number of guanidine groups is 1. The third-order valence-corrected chi connectivity index (χ3v) is 4.87. The summed E-state index contributed by atoms with van der Waals surface area (Å²) >= 11 is 1.93. The van der Waals surface area contributed by atoms with E-state index >= 15 is 0 Å².